The molecule has 0 rings (SSSR count). The number of carboxylic acid groups (broad SMARTS) is 1. The number of primary amides is 1. The first kappa shape index (κ1) is 7.97. The highest BCUT2D eigenvalue weighted by atomic mass is 35.5. The number of carbonyl (C=O) groups is 2. The fraction of sp³-hybridized carbons (Fsp3) is 0. The Morgan fingerprint density at radius 2 is 2.00 bits per heavy atom. The van der Waals surface area contributed by atoms with Crippen LogP contribution in [-0.2, 0) is 9.59 Å². The van der Waals surface area contributed by atoms with Gasteiger partial charge in [0.05, 0.1) is 0 Å². The van der Waals surface area contributed by atoms with E-state index in [9.17, 15) is 9.59 Å². The Bertz CT molecular complexity index is 175. The van der Waals surface area contributed by atoms with Crippen molar-refractivity contribution in [1.82, 2.24) is 0 Å². The van der Waals surface area contributed by atoms with Gasteiger partial charge in [-0.3, -0.25) is 4.79 Å². The topological polar surface area (TPSA) is 80.4 Å². The minimum atomic E-state index is -1.37. The van der Waals surface area contributed by atoms with Gasteiger partial charge < -0.3 is 10.8 Å². The van der Waals surface area contributed by atoms with Gasteiger partial charge in [0.15, 0.2) is 0 Å². The summed E-state index contributed by atoms with van der Waals surface area (Å²) in [6, 6.07) is 0. The molecule has 0 fully saturated rings. The van der Waals surface area contributed by atoms with Crippen LogP contribution in [0.15, 0.2) is 11.1 Å². The second-order valence-corrected chi connectivity index (χ2v) is 1.61. The van der Waals surface area contributed by atoms with Gasteiger partial charge in [0.25, 0.3) is 0 Å². The molecule has 0 atom stereocenters. The molecule has 1 amide bonds. The molecule has 0 aliphatic heterocycles. The van der Waals surface area contributed by atoms with E-state index in [1.807, 2.05) is 0 Å². The molecular formula is C4H4ClNO3. The maximum Gasteiger partial charge on any atom is 0.347 e. The van der Waals surface area contributed by atoms with E-state index in [4.69, 9.17) is 16.7 Å². The van der Waals surface area contributed by atoms with E-state index in [1.165, 1.54) is 0 Å². The monoisotopic (exact) mass is 149 g/mol. The lowest BCUT2D eigenvalue weighted by molar-refractivity contribution is -0.132. The lowest BCUT2D eigenvalue weighted by Gasteiger charge is -1.84. The molecule has 4 nitrogen and oxygen atoms in total. The Hall–Kier alpha value is -1.03. The summed E-state index contributed by atoms with van der Waals surface area (Å²) >= 11 is 4.97. The average Bonchev–Trinajstić information content (AvgIpc) is 1.63. The summed E-state index contributed by atoms with van der Waals surface area (Å²) in [7, 11) is 0. The minimum absolute atomic E-state index is 0.581. The molecule has 3 N–H and O–H groups in total. The van der Waals surface area contributed by atoms with Crippen LogP contribution in [0.2, 0.25) is 0 Å². The zero-order chi connectivity index (χ0) is 7.44. The number of hydrogen-bond donors (Lipinski definition) is 2. The summed E-state index contributed by atoms with van der Waals surface area (Å²) in [6.45, 7) is 0. The molecule has 0 aliphatic carbocycles. The SMILES string of the molecule is NC(=O)/C=C(\Cl)C(=O)O. The van der Waals surface area contributed by atoms with Gasteiger partial charge in [-0.05, 0) is 0 Å². The molecule has 0 radical (unpaired) electrons. The Morgan fingerprint density at radius 1 is 1.56 bits per heavy atom. The summed E-state index contributed by atoms with van der Waals surface area (Å²) in [5.74, 6) is -2.24. The third kappa shape index (κ3) is 3.54. The van der Waals surface area contributed by atoms with Crippen LogP contribution in [-0.4, -0.2) is 17.0 Å². The first-order chi connectivity index (χ1) is 4.04. The van der Waals surface area contributed by atoms with Crippen LogP contribution in [0.5, 0.6) is 0 Å². The molecule has 0 spiro atoms. The third-order valence-corrected chi connectivity index (χ3v) is 0.744. The third-order valence-electron chi connectivity index (χ3n) is 0.473. The van der Waals surface area contributed by atoms with Gasteiger partial charge in [0, 0.05) is 6.08 Å². The Labute approximate surface area is 55.9 Å². The lowest BCUT2D eigenvalue weighted by Crippen LogP contribution is -2.08. The van der Waals surface area contributed by atoms with E-state index in [2.05, 4.69) is 5.73 Å². The minimum Gasteiger partial charge on any atom is -0.477 e. The predicted octanol–water partition coefficient (Wildman–Crippen LogP) is -0.321. The van der Waals surface area contributed by atoms with Crippen molar-refractivity contribution in [3.05, 3.63) is 11.1 Å². The first-order valence-electron chi connectivity index (χ1n) is 1.94. The molecule has 5 heteroatoms. The van der Waals surface area contributed by atoms with Crippen LogP contribution in [0, 0.1) is 0 Å². The standard InChI is InChI=1S/C4H4ClNO3/c5-2(4(8)9)1-3(6)7/h1H,(H2,6,7)(H,8,9)/b2-1-. The first-order valence-corrected chi connectivity index (χ1v) is 2.31. The van der Waals surface area contributed by atoms with Gasteiger partial charge in [0.2, 0.25) is 5.91 Å². The number of aliphatic carboxylic acids is 1. The molecule has 0 bridgehead atoms. The van der Waals surface area contributed by atoms with Crippen molar-refractivity contribution >= 4 is 23.5 Å². The maximum atomic E-state index is 9.91. The molecule has 0 saturated carbocycles. The van der Waals surface area contributed by atoms with Crippen molar-refractivity contribution in [3.8, 4) is 0 Å². The molecule has 0 aromatic heterocycles. The normalized spacial score (nSPS) is 11.0. The number of halogens is 1. The Balaban J connectivity index is 4.17. The van der Waals surface area contributed by atoms with Crippen molar-refractivity contribution < 1.29 is 14.7 Å². The highest BCUT2D eigenvalue weighted by Gasteiger charge is 2.02. The molecular weight excluding hydrogens is 146 g/mol. The van der Waals surface area contributed by atoms with Crippen molar-refractivity contribution in [2.24, 2.45) is 5.73 Å². The predicted molar refractivity (Wildman–Crippen MR) is 30.8 cm³/mol. The van der Waals surface area contributed by atoms with Crippen LogP contribution < -0.4 is 5.73 Å². The molecule has 0 heterocycles. The number of hydrogen-bond acceptors (Lipinski definition) is 2. The van der Waals surface area contributed by atoms with Gasteiger partial charge in [-0.2, -0.15) is 0 Å². The Kier molecular flexibility index (Phi) is 2.73. The van der Waals surface area contributed by atoms with E-state index in [0.29, 0.717) is 6.08 Å². The van der Waals surface area contributed by atoms with Crippen molar-refractivity contribution in [2.45, 2.75) is 0 Å². The van der Waals surface area contributed by atoms with Crippen molar-refractivity contribution in [3.63, 3.8) is 0 Å². The summed E-state index contributed by atoms with van der Waals surface area (Å²) in [4.78, 5) is 19.7. The fourth-order valence-corrected chi connectivity index (χ4v) is 0.294. The Morgan fingerprint density at radius 3 is 2.11 bits per heavy atom. The van der Waals surface area contributed by atoms with Crippen LogP contribution in [0.1, 0.15) is 0 Å². The molecule has 0 aliphatic rings. The number of carboxylic acids is 1. The molecule has 0 aromatic rings. The molecule has 0 unspecified atom stereocenters. The molecule has 9 heavy (non-hydrogen) atoms. The maximum absolute atomic E-state index is 9.91. The molecule has 0 aromatic carbocycles. The van der Waals surface area contributed by atoms with Crippen LogP contribution >= 0.6 is 11.6 Å². The molecule has 0 saturated heterocycles. The van der Waals surface area contributed by atoms with E-state index >= 15 is 0 Å². The zero-order valence-corrected chi connectivity index (χ0v) is 5.05. The van der Waals surface area contributed by atoms with Crippen LogP contribution in [0.25, 0.3) is 0 Å². The lowest BCUT2D eigenvalue weighted by atomic mass is 10.5. The van der Waals surface area contributed by atoms with E-state index in [-0.39, 0.29) is 0 Å². The summed E-state index contributed by atoms with van der Waals surface area (Å²) in [5, 5.41) is 7.44. The highest BCUT2D eigenvalue weighted by Crippen LogP contribution is 1.98. The van der Waals surface area contributed by atoms with E-state index in [1.54, 1.807) is 0 Å². The summed E-state index contributed by atoms with van der Waals surface area (Å²) in [6.07, 6.45) is 0.629. The van der Waals surface area contributed by atoms with Gasteiger partial charge in [-0.25, -0.2) is 4.79 Å². The van der Waals surface area contributed by atoms with Crippen LogP contribution in [0.3, 0.4) is 0 Å². The fourth-order valence-electron chi connectivity index (χ4n) is 0.187. The zero-order valence-electron chi connectivity index (χ0n) is 4.30. The number of carbonyl (C=O) groups excluding carboxylic acids is 1. The van der Waals surface area contributed by atoms with Crippen LogP contribution in [0.4, 0.5) is 0 Å². The number of amides is 1. The van der Waals surface area contributed by atoms with Gasteiger partial charge in [0.1, 0.15) is 5.03 Å². The van der Waals surface area contributed by atoms with E-state index < -0.39 is 16.9 Å². The summed E-state index contributed by atoms with van der Waals surface area (Å²) < 4.78 is 0. The highest BCUT2D eigenvalue weighted by molar-refractivity contribution is 6.42. The van der Waals surface area contributed by atoms with E-state index in [0.717, 1.165) is 0 Å². The van der Waals surface area contributed by atoms with Gasteiger partial charge >= 0.3 is 5.97 Å². The van der Waals surface area contributed by atoms with Gasteiger partial charge in [-0.15, -0.1) is 0 Å². The number of nitrogens with two attached hydrogens (primary N) is 1. The average molecular weight is 150 g/mol. The van der Waals surface area contributed by atoms with Gasteiger partial charge in [-0.1, -0.05) is 11.6 Å². The summed E-state index contributed by atoms with van der Waals surface area (Å²) in [5.41, 5.74) is 4.57. The largest absolute Gasteiger partial charge is 0.477 e. The second kappa shape index (κ2) is 3.09. The van der Waals surface area contributed by atoms with Crippen molar-refractivity contribution in [1.29, 1.82) is 0 Å². The van der Waals surface area contributed by atoms with Crippen molar-refractivity contribution in [2.75, 3.05) is 0 Å². The number of rotatable bonds is 2. The second-order valence-electron chi connectivity index (χ2n) is 1.20. The smallest absolute Gasteiger partial charge is 0.347 e. The molecule has 50 valence electrons. The quantitative estimate of drug-likeness (QED) is 0.528.